The number of allylic oxidation sites excluding steroid dienone is 1. The fraction of sp³-hybridized carbons (Fsp3) is 0.250. The first-order valence-electron chi connectivity index (χ1n) is 4.97. The third-order valence-electron chi connectivity index (χ3n) is 2.05. The summed E-state index contributed by atoms with van der Waals surface area (Å²) in [5, 5.41) is 2.69. The zero-order valence-electron chi connectivity index (χ0n) is 9.18. The molecule has 0 aliphatic rings. The number of anilines is 1. The first-order valence-corrected chi connectivity index (χ1v) is 5.77. The van der Waals surface area contributed by atoms with E-state index in [0.29, 0.717) is 15.7 Å². The molecule has 0 aliphatic heterocycles. The summed E-state index contributed by atoms with van der Waals surface area (Å²) in [4.78, 5) is 11.6. The zero-order valence-corrected chi connectivity index (χ0v) is 10.8. The van der Waals surface area contributed by atoms with Crippen molar-refractivity contribution < 1.29 is 9.18 Å². The summed E-state index contributed by atoms with van der Waals surface area (Å²) in [5.41, 5.74) is 1.23. The van der Waals surface area contributed by atoms with Gasteiger partial charge in [0.25, 0.3) is 5.91 Å². The van der Waals surface area contributed by atoms with E-state index >= 15 is 0 Å². The third-order valence-corrected chi connectivity index (χ3v) is 2.65. The topological polar surface area (TPSA) is 29.1 Å². The van der Waals surface area contributed by atoms with Gasteiger partial charge in [-0.1, -0.05) is 13.0 Å². The molecule has 0 heterocycles. The molecule has 0 aliphatic carbocycles. The van der Waals surface area contributed by atoms with Crippen molar-refractivity contribution in [1.29, 1.82) is 0 Å². The molecule has 1 aromatic carbocycles. The van der Waals surface area contributed by atoms with Crippen LogP contribution in [-0.2, 0) is 4.79 Å². The minimum atomic E-state index is -0.348. The number of halogens is 2. The van der Waals surface area contributed by atoms with Gasteiger partial charge in [0.15, 0.2) is 0 Å². The van der Waals surface area contributed by atoms with Gasteiger partial charge in [-0.25, -0.2) is 4.39 Å². The van der Waals surface area contributed by atoms with E-state index in [1.165, 1.54) is 18.2 Å². The SMILES string of the molecule is CC/C=C(/C)C(=O)Nc1ccc(F)c(Br)c1. The standard InChI is InChI=1S/C12H13BrFNO/c1-3-4-8(2)12(16)15-9-5-6-11(14)10(13)7-9/h4-7H,3H2,1-2H3,(H,15,16)/b8-4-. The molecule has 1 aromatic rings. The van der Waals surface area contributed by atoms with Crippen LogP contribution in [-0.4, -0.2) is 5.91 Å². The molecule has 4 heteroatoms. The summed E-state index contributed by atoms with van der Waals surface area (Å²) in [6, 6.07) is 4.36. The normalized spacial score (nSPS) is 11.4. The summed E-state index contributed by atoms with van der Waals surface area (Å²) >= 11 is 3.06. The highest BCUT2D eigenvalue weighted by Crippen LogP contribution is 2.20. The van der Waals surface area contributed by atoms with E-state index in [1.54, 1.807) is 6.92 Å². The number of hydrogen-bond acceptors (Lipinski definition) is 1. The second-order valence-corrected chi connectivity index (χ2v) is 4.23. The lowest BCUT2D eigenvalue weighted by Crippen LogP contribution is -2.12. The Bertz CT molecular complexity index is 429. The molecule has 0 spiro atoms. The van der Waals surface area contributed by atoms with Gasteiger partial charge in [-0.05, 0) is 47.5 Å². The minimum absolute atomic E-state index is 0.166. The Hall–Kier alpha value is -1.16. The van der Waals surface area contributed by atoms with E-state index in [4.69, 9.17) is 0 Å². The Morgan fingerprint density at radius 2 is 2.25 bits per heavy atom. The first kappa shape index (κ1) is 12.9. The van der Waals surface area contributed by atoms with Gasteiger partial charge >= 0.3 is 0 Å². The maximum Gasteiger partial charge on any atom is 0.250 e. The zero-order chi connectivity index (χ0) is 12.1. The van der Waals surface area contributed by atoms with E-state index in [0.717, 1.165) is 6.42 Å². The summed E-state index contributed by atoms with van der Waals surface area (Å²) in [5.74, 6) is -0.515. The van der Waals surface area contributed by atoms with Gasteiger partial charge < -0.3 is 5.32 Å². The molecule has 0 atom stereocenters. The smallest absolute Gasteiger partial charge is 0.250 e. The van der Waals surface area contributed by atoms with Crippen molar-refractivity contribution in [1.82, 2.24) is 0 Å². The molecule has 0 fully saturated rings. The van der Waals surface area contributed by atoms with Crippen LogP contribution in [0.3, 0.4) is 0 Å². The maximum absolute atomic E-state index is 12.9. The molecule has 0 bridgehead atoms. The second-order valence-electron chi connectivity index (χ2n) is 3.38. The van der Waals surface area contributed by atoms with Gasteiger partial charge in [-0.15, -0.1) is 0 Å². The van der Waals surface area contributed by atoms with Crippen LogP contribution >= 0.6 is 15.9 Å². The van der Waals surface area contributed by atoms with Gasteiger partial charge in [-0.3, -0.25) is 4.79 Å². The Balaban J connectivity index is 2.77. The van der Waals surface area contributed by atoms with Crippen LogP contribution in [0.5, 0.6) is 0 Å². The number of nitrogens with one attached hydrogen (secondary N) is 1. The van der Waals surface area contributed by atoms with Gasteiger partial charge in [0.05, 0.1) is 4.47 Å². The minimum Gasteiger partial charge on any atom is -0.322 e. The molecule has 0 radical (unpaired) electrons. The molecule has 1 N–H and O–H groups in total. The predicted octanol–water partition coefficient (Wildman–Crippen LogP) is 3.88. The van der Waals surface area contributed by atoms with Crippen LogP contribution in [0.15, 0.2) is 34.3 Å². The molecule has 0 aromatic heterocycles. The van der Waals surface area contributed by atoms with Gasteiger partial charge in [-0.2, -0.15) is 0 Å². The quantitative estimate of drug-likeness (QED) is 0.839. The number of carbonyl (C=O) groups excluding carboxylic acids is 1. The van der Waals surface area contributed by atoms with Gasteiger partial charge in [0.1, 0.15) is 5.82 Å². The number of benzene rings is 1. The predicted molar refractivity (Wildman–Crippen MR) is 66.8 cm³/mol. The fourth-order valence-corrected chi connectivity index (χ4v) is 1.58. The summed E-state index contributed by atoms with van der Waals surface area (Å²) in [6.07, 6.45) is 2.65. The maximum atomic E-state index is 12.9. The van der Waals surface area contributed by atoms with Crippen molar-refractivity contribution in [2.45, 2.75) is 20.3 Å². The highest BCUT2D eigenvalue weighted by molar-refractivity contribution is 9.10. The van der Waals surface area contributed by atoms with Crippen molar-refractivity contribution in [3.05, 3.63) is 40.1 Å². The molecule has 1 rings (SSSR count). The first-order chi connectivity index (χ1) is 7.54. The molecule has 16 heavy (non-hydrogen) atoms. The Kier molecular flexibility index (Phi) is 4.68. The fourth-order valence-electron chi connectivity index (χ4n) is 1.20. The second kappa shape index (κ2) is 5.80. The van der Waals surface area contributed by atoms with E-state index in [2.05, 4.69) is 21.2 Å². The molecule has 1 amide bonds. The number of rotatable bonds is 3. The Labute approximate surface area is 103 Å². The van der Waals surface area contributed by atoms with E-state index in [9.17, 15) is 9.18 Å². The lowest BCUT2D eigenvalue weighted by atomic mass is 10.2. The van der Waals surface area contributed by atoms with Crippen LogP contribution in [0.2, 0.25) is 0 Å². The van der Waals surface area contributed by atoms with E-state index < -0.39 is 0 Å². The average Bonchev–Trinajstić information content (AvgIpc) is 2.24. The van der Waals surface area contributed by atoms with Crippen LogP contribution in [0.1, 0.15) is 20.3 Å². The van der Waals surface area contributed by atoms with Crippen LogP contribution in [0, 0.1) is 5.82 Å². The Morgan fingerprint density at radius 1 is 1.56 bits per heavy atom. The van der Waals surface area contributed by atoms with Crippen LogP contribution in [0.25, 0.3) is 0 Å². The summed E-state index contributed by atoms with van der Waals surface area (Å²) < 4.78 is 13.3. The summed E-state index contributed by atoms with van der Waals surface area (Å²) in [7, 11) is 0. The van der Waals surface area contributed by atoms with Crippen molar-refractivity contribution in [3.63, 3.8) is 0 Å². The number of amides is 1. The number of carbonyl (C=O) groups is 1. The molecule has 86 valence electrons. The van der Waals surface area contributed by atoms with E-state index in [1.807, 2.05) is 13.0 Å². The molecule has 0 saturated carbocycles. The van der Waals surface area contributed by atoms with Crippen molar-refractivity contribution in [2.24, 2.45) is 0 Å². The Morgan fingerprint density at radius 3 is 2.81 bits per heavy atom. The van der Waals surface area contributed by atoms with Gasteiger partial charge in [0.2, 0.25) is 0 Å². The highest BCUT2D eigenvalue weighted by Gasteiger charge is 2.06. The lowest BCUT2D eigenvalue weighted by molar-refractivity contribution is -0.112. The molecular formula is C12H13BrFNO. The van der Waals surface area contributed by atoms with Crippen molar-refractivity contribution in [3.8, 4) is 0 Å². The molecule has 2 nitrogen and oxygen atoms in total. The third kappa shape index (κ3) is 3.45. The summed E-state index contributed by atoms with van der Waals surface area (Å²) in [6.45, 7) is 3.71. The molecular weight excluding hydrogens is 273 g/mol. The van der Waals surface area contributed by atoms with Crippen LogP contribution in [0.4, 0.5) is 10.1 Å². The van der Waals surface area contributed by atoms with Crippen molar-refractivity contribution in [2.75, 3.05) is 5.32 Å². The van der Waals surface area contributed by atoms with E-state index in [-0.39, 0.29) is 11.7 Å². The highest BCUT2D eigenvalue weighted by atomic mass is 79.9. The lowest BCUT2D eigenvalue weighted by Gasteiger charge is -2.06. The van der Waals surface area contributed by atoms with Gasteiger partial charge in [0, 0.05) is 11.3 Å². The molecule has 0 saturated heterocycles. The largest absolute Gasteiger partial charge is 0.322 e. The number of hydrogen-bond donors (Lipinski definition) is 1. The monoisotopic (exact) mass is 285 g/mol. The average molecular weight is 286 g/mol. The molecule has 0 unspecified atom stereocenters. The van der Waals surface area contributed by atoms with Crippen LogP contribution < -0.4 is 5.32 Å². The van der Waals surface area contributed by atoms with Crippen molar-refractivity contribution >= 4 is 27.5 Å².